The van der Waals surface area contributed by atoms with Gasteiger partial charge in [-0.3, -0.25) is 0 Å². The molecule has 0 radical (unpaired) electrons. The fourth-order valence-corrected chi connectivity index (χ4v) is 4.55. The van der Waals surface area contributed by atoms with Gasteiger partial charge in [0.15, 0.2) is 0 Å². The van der Waals surface area contributed by atoms with Crippen molar-refractivity contribution in [2.45, 2.75) is 66.6 Å². The van der Waals surface area contributed by atoms with E-state index < -0.39 is 42.3 Å². The molecule has 9 heteroatoms. The Bertz CT molecular complexity index is 416. The second-order valence-electron chi connectivity index (χ2n) is 5.97. The first kappa shape index (κ1) is 18.7. The molecule has 2 aliphatic rings. The number of hydrogen-bond acceptors (Lipinski definition) is 7. The zero-order valence-corrected chi connectivity index (χ0v) is 13.5. The predicted molar refractivity (Wildman–Crippen MR) is 82.8 cm³/mol. The van der Waals surface area contributed by atoms with Gasteiger partial charge in [0, 0.05) is 30.5 Å². The van der Waals surface area contributed by atoms with Crippen LogP contribution in [0.4, 0.5) is 8.78 Å². The van der Waals surface area contributed by atoms with Crippen molar-refractivity contribution in [2.75, 3.05) is 6.61 Å². The van der Waals surface area contributed by atoms with Gasteiger partial charge >= 0.3 is 0 Å². The molecule has 1 heterocycles. The number of aliphatic hydroxyl groups is 3. The third-order valence-corrected chi connectivity index (χ3v) is 5.64. The van der Waals surface area contributed by atoms with E-state index in [-0.39, 0.29) is 18.1 Å². The fourth-order valence-electron chi connectivity index (χ4n) is 2.99. The van der Waals surface area contributed by atoms with Crippen LogP contribution >= 0.6 is 11.8 Å². The number of ether oxygens (including phenoxy) is 1. The minimum absolute atomic E-state index is 0.110. The molecule has 6 nitrogen and oxygen atoms in total. The average molecular weight is 354 g/mol. The first-order chi connectivity index (χ1) is 10.9. The SMILES string of the molecule is N/C=C\NC1C(O)C(CO)OC(SC2CCCC(F)(F)C2)C1O. The third-order valence-electron chi connectivity index (χ3n) is 4.19. The van der Waals surface area contributed by atoms with Gasteiger partial charge in [0.1, 0.15) is 23.7 Å². The zero-order chi connectivity index (χ0) is 17.0. The number of halogens is 2. The van der Waals surface area contributed by atoms with Crippen molar-refractivity contribution in [1.29, 1.82) is 0 Å². The van der Waals surface area contributed by atoms with Gasteiger partial charge in [0.2, 0.25) is 5.92 Å². The Morgan fingerprint density at radius 1 is 1.35 bits per heavy atom. The van der Waals surface area contributed by atoms with Crippen molar-refractivity contribution >= 4 is 11.8 Å². The molecule has 0 aromatic heterocycles. The van der Waals surface area contributed by atoms with Crippen LogP contribution in [0.3, 0.4) is 0 Å². The second-order valence-corrected chi connectivity index (χ2v) is 7.37. The van der Waals surface area contributed by atoms with Gasteiger partial charge in [-0.05, 0) is 12.8 Å². The van der Waals surface area contributed by atoms with E-state index in [1.54, 1.807) is 0 Å². The largest absolute Gasteiger partial charge is 0.403 e. The molecule has 0 bridgehead atoms. The molecule has 134 valence electrons. The van der Waals surface area contributed by atoms with Crippen LogP contribution in [0, 0.1) is 0 Å². The Hall–Kier alpha value is -0.610. The molecule has 0 aromatic carbocycles. The molecule has 0 aromatic rings. The Kier molecular flexibility index (Phi) is 6.49. The van der Waals surface area contributed by atoms with Crippen LogP contribution < -0.4 is 11.1 Å². The standard InChI is InChI=1S/C14H24F2N2O4S/c15-14(16)3-1-2-8(6-14)23-13-12(21)10(18-5-4-17)11(20)9(7-19)22-13/h4-5,8-13,18-21H,1-3,6-7,17H2/b5-4-. The van der Waals surface area contributed by atoms with Crippen molar-refractivity contribution < 1.29 is 28.8 Å². The monoisotopic (exact) mass is 354 g/mol. The number of nitrogens with one attached hydrogen (secondary N) is 1. The lowest BCUT2D eigenvalue weighted by Crippen LogP contribution is -2.62. The summed E-state index contributed by atoms with van der Waals surface area (Å²) in [5.41, 5.74) is 4.43. The van der Waals surface area contributed by atoms with Gasteiger partial charge < -0.3 is 31.1 Å². The van der Waals surface area contributed by atoms with E-state index in [2.05, 4.69) is 5.32 Å². The number of alkyl halides is 2. The van der Waals surface area contributed by atoms with E-state index in [4.69, 9.17) is 10.5 Å². The van der Waals surface area contributed by atoms with Crippen molar-refractivity contribution in [3.63, 3.8) is 0 Å². The predicted octanol–water partition coefficient (Wildman–Crippen LogP) is 0.125. The van der Waals surface area contributed by atoms with E-state index in [0.717, 1.165) is 11.8 Å². The van der Waals surface area contributed by atoms with Gasteiger partial charge in [-0.1, -0.05) is 0 Å². The first-order valence-electron chi connectivity index (χ1n) is 7.66. The quantitative estimate of drug-likeness (QED) is 0.477. The highest BCUT2D eigenvalue weighted by atomic mass is 32.2. The summed E-state index contributed by atoms with van der Waals surface area (Å²) >= 11 is 1.14. The van der Waals surface area contributed by atoms with Gasteiger partial charge in [-0.25, -0.2) is 8.78 Å². The summed E-state index contributed by atoms with van der Waals surface area (Å²) < 4.78 is 32.6. The van der Waals surface area contributed by atoms with E-state index in [1.807, 2.05) is 0 Å². The van der Waals surface area contributed by atoms with Crippen LogP contribution in [0.1, 0.15) is 25.7 Å². The normalized spacial score (nSPS) is 41.1. The highest BCUT2D eigenvalue weighted by molar-refractivity contribution is 8.00. The Morgan fingerprint density at radius 3 is 2.70 bits per heavy atom. The molecule has 0 spiro atoms. The molecule has 1 aliphatic heterocycles. The maximum absolute atomic E-state index is 13.5. The maximum Gasteiger partial charge on any atom is 0.249 e. The van der Waals surface area contributed by atoms with Crippen molar-refractivity contribution in [3.8, 4) is 0 Å². The van der Waals surface area contributed by atoms with Gasteiger partial charge in [0.05, 0.1) is 12.6 Å². The molecule has 6 unspecified atom stereocenters. The molecule has 6 atom stereocenters. The molecule has 6 N–H and O–H groups in total. The lowest BCUT2D eigenvalue weighted by atomic mass is 9.96. The molecular weight excluding hydrogens is 330 g/mol. The number of thioether (sulfide) groups is 1. The molecular formula is C14H24F2N2O4S. The van der Waals surface area contributed by atoms with Crippen LogP contribution in [0.5, 0.6) is 0 Å². The Morgan fingerprint density at radius 2 is 2.09 bits per heavy atom. The summed E-state index contributed by atoms with van der Waals surface area (Å²) in [6, 6.07) is -0.803. The molecule has 1 aliphatic carbocycles. The lowest BCUT2D eigenvalue weighted by molar-refractivity contribution is -0.164. The molecule has 2 fully saturated rings. The second kappa shape index (κ2) is 7.98. The minimum atomic E-state index is -2.69. The smallest absolute Gasteiger partial charge is 0.249 e. The topological polar surface area (TPSA) is 108 Å². The lowest BCUT2D eigenvalue weighted by Gasteiger charge is -2.43. The summed E-state index contributed by atoms with van der Waals surface area (Å²) in [6.07, 6.45) is 0.111. The maximum atomic E-state index is 13.5. The number of hydrogen-bond donors (Lipinski definition) is 5. The highest BCUT2D eigenvalue weighted by Crippen LogP contribution is 2.42. The Balaban J connectivity index is 2.04. The van der Waals surface area contributed by atoms with Crippen LogP contribution in [0.2, 0.25) is 0 Å². The zero-order valence-electron chi connectivity index (χ0n) is 12.6. The van der Waals surface area contributed by atoms with Crippen LogP contribution in [0.15, 0.2) is 12.4 Å². The van der Waals surface area contributed by atoms with Gasteiger partial charge in [0.25, 0.3) is 0 Å². The van der Waals surface area contributed by atoms with E-state index >= 15 is 0 Å². The van der Waals surface area contributed by atoms with E-state index in [0.29, 0.717) is 12.8 Å². The molecule has 23 heavy (non-hydrogen) atoms. The highest BCUT2D eigenvalue weighted by Gasteiger charge is 2.46. The molecule has 1 saturated carbocycles. The van der Waals surface area contributed by atoms with Crippen molar-refractivity contribution in [3.05, 3.63) is 12.4 Å². The molecule has 1 saturated heterocycles. The van der Waals surface area contributed by atoms with Crippen LogP contribution in [-0.4, -0.2) is 62.9 Å². The van der Waals surface area contributed by atoms with Gasteiger partial charge in [-0.15, -0.1) is 11.8 Å². The van der Waals surface area contributed by atoms with E-state index in [1.165, 1.54) is 12.4 Å². The summed E-state index contributed by atoms with van der Waals surface area (Å²) in [5.74, 6) is -2.69. The number of rotatable bonds is 5. The van der Waals surface area contributed by atoms with Crippen molar-refractivity contribution in [1.82, 2.24) is 5.32 Å². The number of aliphatic hydroxyl groups excluding tert-OH is 3. The summed E-state index contributed by atoms with van der Waals surface area (Å²) in [5, 5.41) is 32.3. The van der Waals surface area contributed by atoms with Crippen LogP contribution in [-0.2, 0) is 4.74 Å². The summed E-state index contributed by atoms with van der Waals surface area (Å²) in [6.45, 7) is -0.434. The average Bonchev–Trinajstić information content (AvgIpc) is 2.49. The van der Waals surface area contributed by atoms with Crippen LogP contribution in [0.25, 0.3) is 0 Å². The van der Waals surface area contributed by atoms with E-state index in [9.17, 15) is 24.1 Å². The van der Waals surface area contributed by atoms with Crippen molar-refractivity contribution in [2.24, 2.45) is 5.73 Å². The molecule has 2 rings (SSSR count). The molecule has 0 amide bonds. The third kappa shape index (κ3) is 4.69. The van der Waals surface area contributed by atoms with Gasteiger partial charge in [-0.2, -0.15) is 0 Å². The fraction of sp³-hybridized carbons (Fsp3) is 0.857. The minimum Gasteiger partial charge on any atom is -0.403 e. The first-order valence-corrected chi connectivity index (χ1v) is 8.61. The Labute approximate surface area is 138 Å². The summed E-state index contributed by atoms with van der Waals surface area (Å²) in [4.78, 5) is 0. The number of nitrogens with two attached hydrogens (primary N) is 1. The summed E-state index contributed by atoms with van der Waals surface area (Å²) in [7, 11) is 0.